The van der Waals surface area contributed by atoms with Crippen LogP contribution in [0.1, 0.15) is 23.6 Å². The first-order valence-corrected chi connectivity index (χ1v) is 8.16. The normalized spacial score (nSPS) is 16.3. The van der Waals surface area contributed by atoms with E-state index in [1.807, 2.05) is 31.3 Å². The Balaban J connectivity index is 1.93. The summed E-state index contributed by atoms with van der Waals surface area (Å²) in [5.41, 5.74) is 4.42. The summed E-state index contributed by atoms with van der Waals surface area (Å²) in [6.07, 6.45) is 0.990. The van der Waals surface area contributed by atoms with Gasteiger partial charge in [0.2, 0.25) is 5.95 Å². The molecule has 0 spiro atoms. The van der Waals surface area contributed by atoms with E-state index in [9.17, 15) is 0 Å². The maximum absolute atomic E-state index is 5.42. The molecule has 2 N–H and O–H groups in total. The highest BCUT2D eigenvalue weighted by molar-refractivity contribution is 5.83. The zero-order valence-electron chi connectivity index (χ0n) is 13.8. The molecular formula is C19H20N4O. The first-order chi connectivity index (χ1) is 11.8. The first kappa shape index (κ1) is 14.8. The summed E-state index contributed by atoms with van der Waals surface area (Å²) < 4.78 is 5.42. The summed E-state index contributed by atoms with van der Waals surface area (Å²) in [4.78, 5) is 9.38. The van der Waals surface area contributed by atoms with Crippen molar-refractivity contribution in [2.45, 2.75) is 12.3 Å². The number of anilines is 2. The molecule has 1 aromatic heterocycles. The fourth-order valence-electron chi connectivity index (χ4n) is 3.39. The maximum atomic E-state index is 5.42. The molecular weight excluding hydrogens is 300 g/mol. The SMILES string of the molecule is CNc1nc(C2CCNc3ccc(OC)cc32)c2ccccc2n1. The average Bonchev–Trinajstić information content (AvgIpc) is 2.66. The number of benzene rings is 2. The third-order valence-corrected chi connectivity index (χ3v) is 4.57. The minimum Gasteiger partial charge on any atom is -0.497 e. The van der Waals surface area contributed by atoms with Gasteiger partial charge in [-0.05, 0) is 36.2 Å². The Labute approximate surface area is 141 Å². The van der Waals surface area contributed by atoms with Gasteiger partial charge in [-0.2, -0.15) is 0 Å². The number of nitrogens with zero attached hydrogens (tertiary/aromatic N) is 2. The van der Waals surface area contributed by atoms with Crippen LogP contribution in [-0.4, -0.2) is 30.7 Å². The minimum atomic E-state index is 0.219. The van der Waals surface area contributed by atoms with Crippen molar-refractivity contribution in [3.8, 4) is 5.75 Å². The summed E-state index contributed by atoms with van der Waals surface area (Å²) >= 11 is 0. The fraction of sp³-hybridized carbons (Fsp3) is 0.263. The van der Waals surface area contributed by atoms with E-state index in [2.05, 4.69) is 33.8 Å². The molecule has 0 fully saturated rings. The zero-order valence-corrected chi connectivity index (χ0v) is 13.8. The Bertz CT molecular complexity index is 894. The third kappa shape index (κ3) is 2.42. The molecule has 3 aromatic rings. The lowest BCUT2D eigenvalue weighted by Gasteiger charge is -2.27. The van der Waals surface area contributed by atoms with Crippen molar-refractivity contribution in [3.05, 3.63) is 53.7 Å². The van der Waals surface area contributed by atoms with E-state index in [0.29, 0.717) is 5.95 Å². The number of para-hydroxylation sites is 1. The summed E-state index contributed by atoms with van der Waals surface area (Å²) in [5.74, 6) is 1.75. The smallest absolute Gasteiger partial charge is 0.223 e. The van der Waals surface area contributed by atoms with Crippen molar-refractivity contribution in [1.29, 1.82) is 0 Å². The summed E-state index contributed by atoms with van der Waals surface area (Å²) in [6, 6.07) is 14.4. The van der Waals surface area contributed by atoms with Crippen molar-refractivity contribution in [1.82, 2.24) is 9.97 Å². The number of methoxy groups -OCH3 is 1. The summed E-state index contributed by atoms with van der Waals surface area (Å²) in [5, 5.41) is 7.67. The van der Waals surface area contributed by atoms with Gasteiger partial charge in [-0.15, -0.1) is 0 Å². The quantitative estimate of drug-likeness (QED) is 0.772. The highest BCUT2D eigenvalue weighted by atomic mass is 16.5. The molecule has 1 aliphatic heterocycles. The van der Waals surface area contributed by atoms with Gasteiger partial charge in [0.1, 0.15) is 5.75 Å². The van der Waals surface area contributed by atoms with Crippen LogP contribution in [0.2, 0.25) is 0 Å². The molecule has 5 heteroatoms. The highest BCUT2D eigenvalue weighted by Gasteiger charge is 2.25. The van der Waals surface area contributed by atoms with E-state index in [4.69, 9.17) is 9.72 Å². The Kier molecular flexibility index (Phi) is 3.69. The van der Waals surface area contributed by atoms with Crippen LogP contribution in [0.25, 0.3) is 10.9 Å². The standard InChI is InChI=1S/C19H20N4O/c1-20-19-22-17-6-4-3-5-14(17)18(23-19)13-9-10-21-16-8-7-12(24-2)11-15(13)16/h3-8,11,13,21H,9-10H2,1-2H3,(H,20,22,23). The van der Waals surface area contributed by atoms with Crippen LogP contribution in [-0.2, 0) is 0 Å². The van der Waals surface area contributed by atoms with Gasteiger partial charge in [0.15, 0.2) is 0 Å². The van der Waals surface area contributed by atoms with Gasteiger partial charge in [-0.1, -0.05) is 18.2 Å². The Hall–Kier alpha value is -2.82. The molecule has 0 saturated carbocycles. The van der Waals surface area contributed by atoms with E-state index in [1.54, 1.807) is 7.11 Å². The van der Waals surface area contributed by atoms with E-state index < -0.39 is 0 Å². The Morgan fingerprint density at radius 3 is 2.88 bits per heavy atom. The molecule has 4 rings (SSSR count). The van der Waals surface area contributed by atoms with Crippen LogP contribution in [0.15, 0.2) is 42.5 Å². The lowest BCUT2D eigenvalue weighted by atomic mass is 9.86. The summed E-state index contributed by atoms with van der Waals surface area (Å²) in [7, 11) is 3.56. The van der Waals surface area contributed by atoms with E-state index in [1.165, 1.54) is 5.56 Å². The molecule has 0 radical (unpaired) electrons. The molecule has 24 heavy (non-hydrogen) atoms. The number of fused-ring (bicyclic) bond motifs is 2. The topological polar surface area (TPSA) is 59.1 Å². The monoisotopic (exact) mass is 320 g/mol. The van der Waals surface area contributed by atoms with Gasteiger partial charge >= 0.3 is 0 Å². The number of ether oxygens (including phenoxy) is 1. The molecule has 2 aromatic carbocycles. The largest absolute Gasteiger partial charge is 0.497 e. The van der Waals surface area contributed by atoms with E-state index in [0.717, 1.165) is 41.0 Å². The number of hydrogen-bond acceptors (Lipinski definition) is 5. The van der Waals surface area contributed by atoms with Crippen LogP contribution < -0.4 is 15.4 Å². The lowest BCUT2D eigenvalue weighted by molar-refractivity contribution is 0.414. The maximum Gasteiger partial charge on any atom is 0.223 e. The van der Waals surface area contributed by atoms with Gasteiger partial charge in [-0.25, -0.2) is 9.97 Å². The molecule has 0 amide bonds. The molecule has 122 valence electrons. The molecule has 5 nitrogen and oxygen atoms in total. The molecule has 2 heterocycles. The van der Waals surface area contributed by atoms with Crippen LogP contribution in [0.5, 0.6) is 5.75 Å². The molecule has 0 bridgehead atoms. The Morgan fingerprint density at radius 2 is 2.04 bits per heavy atom. The lowest BCUT2D eigenvalue weighted by Crippen LogP contribution is -2.19. The minimum absolute atomic E-state index is 0.219. The number of rotatable bonds is 3. The van der Waals surface area contributed by atoms with Crippen molar-refractivity contribution in [2.75, 3.05) is 31.3 Å². The number of nitrogens with one attached hydrogen (secondary N) is 2. The van der Waals surface area contributed by atoms with Crippen molar-refractivity contribution in [2.24, 2.45) is 0 Å². The van der Waals surface area contributed by atoms with Gasteiger partial charge in [-0.3, -0.25) is 0 Å². The second-order valence-electron chi connectivity index (χ2n) is 5.92. The molecule has 0 saturated heterocycles. The van der Waals surface area contributed by atoms with Crippen molar-refractivity contribution >= 4 is 22.5 Å². The van der Waals surface area contributed by atoms with E-state index >= 15 is 0 Å². The van der Waals surface area contributed by atoms with Crippen LogP contribution in [0.4, 0.5) is 11.6 Å². The van der Waals surface area contributed by atoms with Crippen LogP contribution in [0.3, 0.4) is 0 Å². The second kappa shape index (κ2) is 6.00. The summed E-state index contributed by atoms with van der Waals surface area (Å²) in [6.45, 7) is 0.928. The molecule has 1 unspecified atom stereocenters. The number of aromatic nitrogens is 2. The van der Waals surface area contributed by atoms with Crippen molar-refractivity contribution < 1.29 is 4.74 Å². The van der Waals surface area contributed by atoms with Crippen LogP contribution in [0, 0.1) is 0 Å². The molecule has 1 aliphatic rings. The third-order valence-electron chi connectivity index (χ3n) is 4.57. The molecule has 1 atom stereocenters. The van der Waals surface area contributed by atoms with Crippen LogP contribution >= 0.6 is 0 Å². The predicted octanol–water partition coefficient (Wildman–Crippen LogP) is 3.63. The Morgan fingerprint density at radius 1 is 1.17 bits per heavy atom. The number of hydrogen-bond donors (Lipinski definition) is 2. The van der Waals surface area contributed by atoms with Gasteiger partial charge in [0.25, 0.3) is 0 Å². The average molecular weight is 320 g/mol. The second-order valence-corrected chi connectivity index (χ2v) is 5.92. The van der Waals surface area contributed by atoms with Crippen molar-refractivity contribution in [3.63, 3.8) is 0 Å². The van der Waals surface area contributed by atoms with E-state index in [-0.39, 0.29) is 5.92 Å². The van der Waals surface area contributed by atoms with Gasteiger partial charge < -0.3 is 15.4 Å². The molecule has 0 aliphatic carbocycles. The highest BCUT2D eigenvalue weighted by Crippen LogP contribution is 2.40. The predicted molar refractivity (Wildman–Crippen MR) is 97.0 cm³/mol. The van der Waals surface area contributed by atoms with Gasteiger partial charge in [0, 0.05) is 30.6 Å². The first-order valence-electron chi connectivity index (χ1n) is 8.16. The zero-order chi connectivity index (χ0) is 16.5. The fourth-order valence-corrected chi connectivity index (χ4v) is 3.39. The van der Waals surface area contributed by atoms with Gasteiger partial charge in [0.05, 0.1) is 18.3 Å².